The van der Waals surface area contributed by atoms with Gasteiger partial charge in [-0.3, -0.25) is 4.79 Å². The van der Waals surface area contributed by atoms with Crippen LogP contribution in [0.2, 0.25) is 0 Å². The fraction of sp³-hybridized carbons (Fsp3) is 0.889. The van der Waals surface area contributed by atoms with E-state index in [4.69, 9.17) is 15.9 Å². The molecular weight excluding hydrogens is 184 g/mol. The third-order valence-corrected chi connectivity index (χ3v) is 1.92. The Labute approximate surface area is 84.3 Å². The van der Waals surface area contributed by atoms with Crippen molar-refractivity contribution in [2.75, 3.05) is 13.2 Å². The van der Waals surface area contributed by atoms with Gasteiger partial charge >= 0.3 is 0 Å². The highest BCUT2D eigenvalue weighted by Gasteiger charge is 2.29. The first-order valence-corrected chi connectivity index (χ1v) is 4.60. The normalized spacial score (nSPS) is 16.4. The second kappa shape index (κ2) is 5.29. The van der Waals surface area contributed by atoms with Gasteiger partial charge in [-0.25, -0.2) is 0 Å². The number of carbonyl (C=O) groups is 1. The number of hydrogen-bond donors (Lipinski definition) is 4. The molecule has 0 unspecified atom stereocenters. The highest BCUT2D eigenvalue weighted by Crippen LogP contribution is 2.18. The number of nitrogens with two attached hydrogens (primary N) is 1. The van der Waals surface area contributed by atoms with Crippen molar-refractivity contribution in [2.45, 2.75) is 32.9 Å². The van der Waals surface area contributed by atoms with Crippen molar-refractivity contribution in [3.05, 3.63) is 0 Å². The Morgan fingerprint density at radius 1 is 1.50 bits per heavy atom. The summed E-state index contributed by atoms with van der Waals surface area (Å²) in [4.78, 5) is 11.1. The molecule has 2 atom stereocenters. The van der Waals surface area contributed by atoms with E-state index in [-0.39, 0.29) is 18.6 Å². The zero-order valence-electron chi connectivity index (χ0n) is 8.95. The lowest BCUT2D eigenvalue weighted by Crippen LogP contribution is -2.52. The number of carbonyl (C=O) groups excluding carboxylic acids is 1. The Kier molecular flexibility index (Phi) is 5.04. The van der Waals surface area contributed by atoms with Crippen molar-refractivity contribution in [1.29, 1.82) is 0 Å². The van der Waals surface area contributed by atoms with Gasteiger partial charge in [-0.1, -0.05) is 20.8 Å². The molecule has 1 amide bonds. The van der Waals surface area contributed by atoms with E-state index < -0.39 is 18.1 Å². The van der Waals surface area contributed by atoms with Crippen LogP contribution in [-0.2, 0) is 4.79 Å². The van der Waals surface area contributed by atoms with Crippen LogP contribution in [0.1, 0.15) is 20.8 Å². The molecule has 0 saturated carbocycles. The third kappa shape index (κ3) is 4.55. The molecule has 0 rings (SSSR count). The molecule has 0 aromatic rings. The fourth-order valence-electron chi connectivity index (χ4n) is 1.15. The smallest absolute Gasteiger partial charge is 0.235 e. The van der Waals surface area contributed by atoms with Gasteiger partial charge in [0.15, 0.2) is 0 Å². The van der Waals surface area contributed by atoms with Gasteiger partial charge in [-0.2, -0.15) is 0 Å². The molecule has 0 spiro atoms. The number of aliphatic hydroxyl groups is 2. The molecule has 84 valence electrons. The number of rotatable bonds is 5. The topological polar surface area (TPSA) is 95.6 Å². The fourth-order valence-corrected chi connectivity index (χ4v) is 1.15. The van der Waals surface area contributed by atoms with E-state index in [9.17, 15) is 4.79 Å². The molecule has 5 nitrogen and oxygen atoms in total. The summed E-state index contributed by atoms with van der Waals surface area (Å²) in [7, 11) is 0. The molecule has 5 N–H and O–H groups in total. The van der Waals surface area contributed by atoms with Crippen molar-refractivity contribution >= 4 is 5.91 Å². The molecule has 0 aromatic carbocycles. The molecule has 0 aromatic heterocycles. The quantitative estimate of drug-likeness (QED) is 0.454. The molecule has 0 heterocycles. The van der Waals surface area contributed by atoms with Crippen molar-refractivity contribution in [3.8, 4) is 0 Å². The maximum absolute atomic E-state index is 11.1. The first-order chi connectivity index (χ1) is 6.29. The minimum Gasteiger partial charge on any atom is -0.394 e. The summed E-state index contributed by atoms with van der Waals surface area (Å²) in [5, 5.41) is 20.5. The Balaban J connectivity index is 4.19. The number of aliphatic hydroxyl groups excluding tert-OH is 2. The predicted octanol–water partition coefficient (Wildman–Crippen LogP) is -1.17. The summed E-state index contributed by atoms with van der Waals surface area (Å²) in [6.45, 7) is 5.45. The lowest BCUT2D eigenvalue weighted by atomic mass is 9.86. The molecule has 0 aliphatic heterocycles. The van der Waals surface area contributed by atoms with Gasteiger partial charge in [0.2, 0.25) is 5.91 Å². The lowest BCUT2D eigenvalue weighted by molar-refractivity contribution is -0.122. The van der Waals surface area contributed by atoms with E-state index in [1.54, 1.807) is 0 Å². The third-order valence-electron chi connectivity index (χ3n) is 1.92. The predicted molar refractivity (Wildman–Crippen MR) is 53.5 cm³/mol. The molecule has 0 aliphatic carbocycles. The highest BCUT2D eigenvalue weighted by atomic mass is 16.3. The van der Waals surface area contributed by atoms with Crippen LogP contribution in [0.4, 0.5) is 0 Å². The van der Waals surface area contributed by atoms with E-state index in [1.165, 1.54) is 0 Å². The maximum Gasteiger partial charge on any atom is 0.235 e. The SMILES string of the molecule is CC(C)(C)[C@H](NC[C@@H](O)CO)C(N)=O. The molecule has 14 heavy (non-hydrogen) atoms. The van der Waals surface area contributed by atoms with Crippen LogP contribution >= 0.6 is 0 Å². The Morgan fingerprint density at radius 3 is 2.29 bits per heavy atom. The maximum atomic E-state index is 11.1. The Hall–Kier alpha value is -0.650. The highest BCUT2D eigenvalue weighted by molar-refractivity contribution is 5.80. The van der Waals surface area contributed by atoms with Crippen LogP contribution < -0.4 is 11.1 Å². The molecule has 0 saturated heterocycles. The van der Waals surface area contributed by atoms with Gasteiger partial charge in [0, 0.05) is 6.54 Å². The van der Waals surface area contributed by atoms with E-state index in [0.29, 0.717) is 0 Å². The first kappa shape index (κ1) is 13.4. The van der Waals surface area contributed by atoms with Gasteiger partial charge < -0.3 is 21.3 Å². The summed E-state index contributed by atoms with van der Waals surface area (Å²) in [5.41, 5.74) is 4.90. The van der Waals surface area contributed by atoms with E-state index in [2.05, 4.69) is 5.32 Å². The van der Waals surface area contributed by atoms with Crippen LogP contribution in [0, 0.1) is 5.41 Å². The average Bonchev–Trinajstić information content (AvgIpc) is 2.01. The molecule has 0 aliphatic rings. The van der Waals surface area contributed by atoms with Crippen molar-refractivity contribution in [1.82, 2.24) is 5.32 Å². The monoisotopic (exact) mass is 204 g/mol. The van der Waals surface area contributed by atoms with Gasteiger partial charge in [-0.05, 0) is 5.41 Å². The number of amides is 1. The summed E-state index contributed by atoms with van der Waals surface area (Å²) in [5.74, 6) is -0.456. The summed E-state index contributed by atoms with van der Waals surface area (Å²) < 4.78 is 0. The zero-order valence-corrected chi connectivity index (χ0v) is 8.95. The summed E-state index contributed by atoms with van der Waals surface area (Å²) >= 11 is 0. The standard InChI is InChI=1S/C9H20N2O3/c1-9(2,3)7(8(10)14)11-4-6(13)5-12/h6-7,11-13H,4-5H2,1-3H3,(H2,10,14)/t6-,7-/m1/s1. The van der Waals surface area contributed by atoms with Crippen LogP contribution in [0.15, 0.2) is 0 Å². The van der Waals surface area contributed by atoms with Crippen LogP contribution in [0.5, 0.6) is 0 Å². The van der Waals surface area contributed by atoms with Gasteiger partial charge in [0.1, 0.15) is 0 Å². The van der Waals surface area contributed by atoms with Crippen LogP contribution in [-0.4, -0.2) is 41.4 Å². The molecular formula is C9H20N2O3. The number of hydrogen-bond acceptors (Lipinski definition) is 4. The lowest BCUT2D eigenvalue weighted by Gasteiger charge is -2.29. The van der Waals surface area contributed by atoms with Crippen molar-refractivity contribution < 1.29 is 15.0 Å². The van der Waals surface area contributed by atoms with Crippen LogP contribution in [0.3, 0.4) is 0 Å². The second-order valence-corrected chi connectivity index (χ2v) is 4.45. The number of primary amides is 1. The summed E-state index contributed by atoms with van der Waals surface area (Å²) in [6, 6.07) is -0.510. The zero-order chi connectivity index (χ0) is 11.4. The van der Waals surface area contributed by atoms with E-state index in [1.807, 2.05) is 20.8 Å². The van der Waals surface area contributed by atoms with Crippen molar-refractivity contribution in [3.63, 3.8) is 0 Å². The number of nitrogens with one attached hydrogen (secondary N) is 1. The Bertz CT molecular complexity index is 189. The minimum absolute atomic E-state index is 0.154. The average molecular weight is 204 g/mol. The largest absolute Gasteiger partial charge is 0.394 e. The van der Waals surface area contributed by atoms with E-state index in [0.717, 1.165) is 0 Å². The first-order valence-electron chi connectivity index (χ1n) is 4.60. The molecule has 5 heteroatoms. The Morgan fingerprint density at radius 2 is 2.00 bits per heavy atom. The van der Waals surface area contributed by atoms with Gasteiger partial charge in [0.25, 0.3) is 0 Å². The molecule has 0 fully saturated rings. The minimum atomic E-state index is -0.862. The van der Waals surface area contributed by atoms with E-state index >= 15 is 0 Å². The summed E-state index contributed by atoms with van der Waals surface area (Å²) in [6.07, 6.45) is -0.862. The molecule has 0 radical (unpaired) electrons. The van der Waals surface area contributed by atoms with Crippen molar-refractivity contribution in [2.24, 2.45) is 11.1 Å². The molecule has 0 bridgehead atoms. The van der Waals surface area contributed by atoms with Gasteiger partial charge in [-0.15, -0.1) is 0 Å². The van der Waals surface area contributed by atoms with Crippen LogP contribution in [0.25, 0.3) is 0 Å². The van der Waals surface area contributed by atoms with Gasteiger partial charge in [0.05, 0.1) is 18.8 Å². The second-order valence-electron chi connectivity index (χ2n) is 4.45.